The van der Waals surface area contributed by atoms with Crippen molar-refractivity contribution in [2.45, 2.75) is 24.7 Å². The van der Waals surface area contributed by atoms with Crippen LogP contribution in [-0.2, 0) is 11.0 Å². The predicted octanol–water partition coefficient (Wildman–Crippen LogP) is 2.57. The summed E-state index contributed by atoms with van der Waals surface area (Å²) in [5, 5.41) is 3.40. The van der Waals surface area contributed by atoms with Crippen molar-refractivity contribution >= 4 is 39.3 Å². The van der Waals surface area contributed by atoms with Gasteiger partial charge in [0.05, 0.1) is 22.6 Å². The first-order valence-electron chi connectivity index (χ1n) is 9.05. The summed E-state index contributed by atoms with van der Waals surface area (Å²) in [6.45, 7) is 4.31. The Bertz CT molecular complexity index is 965. The van der Waals surface area contributed by atoms with Gasteiger partial charge in [-0.05, 0) is 44.0 Å². The molecule has 3 aromatic rings. The Hall–Kier alpha value is -2.52. The van der Waals surface area contributed by atoms with Crippen molar-refractivity contribution in [3.63, 3.8) is 0 Å². The first kappa shape index (κ1) is 17.9. The first-order chi connectivity index (χ1) is 13.2. The fourth-order valence-corrected chi connectivity index (χ4v) is 4.01. The average molecular weight is 385 g/mol. The molecule has 1 aliphatic rings. The molecule has 1 aliphatic heterocycles. The molecule has 4 rings (SSSR count). The minimum absolute atomic E-state index is 0.607. The van der Waals surface area contributed by atoms with Crippen LogP contribution in [-0.4, -0.2) is 44.3 Å². The smallest absolute Gasteiger partial charge is 0.182 e. The molecule has 1 fully saturated rings. The molecule has 1 saturated heterocycles. The molecule has 3 heterocycles. The highest BCUT2D eigenvalue weighted by Gasteiger charge is 2.20. The van der Waals surface area contributed by atoms with E-state index in [0.29, 0.717) is 16.4 Å². The Morgan fingerprint density at radius 1 is 1.22 bits per heavy atom. The van der Waals surface area contributed by atoms with Crippen LogP contribution in [0.1, 0.15) is 19.8 Å². The molecule has 142 valence electrons. The van der Waals surface area contributed by atoms with E-state index >= 15 is 0 Å². The molecule has 3 N–H and O–H groups in total. The number of fused-ring (bicyclic) bond motifs is 1. The van der Waals surface area contributed by atoms with Crippen molar-refractivity contribution in [1.29, 1.82) is 0 Å². The third-order valence-electron chi connectivity index (χ3n) is 4.97. The lowest BCUT2D eigenvalue weighted by atomic mass is 9.98. The van der Waals surface area contributed by atoms with Crippen molar-refractivity contribution in [2.24, 2.45) is 5.92 Å². The summed E-state index contributed by atoms with van der Waals surface area (Å²) < 4.78 is 15.0. The van der Waals surface area contributed by atoms with Gasteiger partial charge in [-0.15, -0.1) is 0 Å². The van der Waals surface area contributed by atoms with E-state index in [2.05, 4.69) is 41.8 Å². The number of hydrogen-bond donors (Lipinski definition) is 3. The number of aromatic nitrogens is 4. The third kappa shape index (κ3) is 3.65. The van der Waals surface area contributed by atoms with Gasteiger partial charge < -0.3 is 15.2 Å². The van der Waals surface area contributed by atoms with Gasteiger partial charge in [-0.3, -0.25) is 0 Å². The number of benzene rings is 1. The summed E-state index contributed by atoms with van der Waals surface area (Å²) in [7, 11) is 0.424. The molecule has 0 saturated carbocycles. The second-order valence-electron chi connectivity index (χ2n) is 6.77. The van der Waals surface area contributed by atoms with Crippen molar-refractivity contribution in [2.75, 3.05) is 30.4 Å². The van der Waals surface area contributed by atoms with Gasteiger partial charge in [-0.1, -0.05) is 6.92 Å². The topological polar surface area (TPSA) is 98.8 Å². The molecule has 1 aromatic carbocycles. The summed E-state index contributed by atoms with van der Waals surface area (Å²) in [5.74, 6) is 1.40. The zero-order chi connectivity index (χ0) is 18.8. The maximum Gasteiger partial charge on any atom is 0.182 e. The van der Waals surface area contributed by atoms with Crippen LogP contribution in [0.3, 0.4) is 0 Å². The van der Waals surface area contributed by atoms with E-state index in [9.17, 15) is 4.21 Å². The molecule has 9 heteroatoms. The Kier molecular flexibility index (Phi) is 5.04. The Morgan fingerprint density at radius 2 is 2.04 bits per heavy atom. The molecule has 8 nitrogen and oxygen atoms in total. The van der Waals surface area contributed by atoms with Crippen LogP contribution >= 0.6 is 0 Å². The second-order valence-corrected chi connectivity index (χ2v) is 8.19. The average Bonchev–Trinajstić information content (AvgIpc) is 3.18. The van der Waals surface area contributed by atoms with E-state index in [1.807, 2.05) is 18.2 Å². The summed E-state index contributed by atoms with van der Waals surface area (Å²) in [5.41, 5.74) is 3.32. The fourth-order valence-electron chi connectivity index (χ4n) is 3.36. The Labute approximate surface area is 160 Å². The maximum absolute atomic E-state index is 12.2. The monoisotopic (exact) mass is 385 g/mol. The van der Waals surface area contributed by atoms with E-state index in [1.54, 1.807) is 13.4 Å². The lowest BCUT2D eigenvalue weighted by Crippen LogP contribution is -2.33. The Morgan fingerprint density at radius 3 is 2.81 bits per heavy atom. The fraction of sp³-hybridized carbons (Fsp3) is 0.389. The molecule has 1 unspecified atom stereocenters. The largest absolute Gasteiger partial charge is 0.370 e. The number of nitrogens with one attached hydrogen (secondary N) is 3. The van der Waals surface area contributed by atoms with Crippen LogP contribution in [0.4, 0.5) is 17.2 Å². The lowest BCUT2D eigenvalue weighted by Gasteiger charge is -2.33. The van der Waals surface area contributed by atoms with Gasteiger partial charge in [0.25, 0.3) is 0 Å². The van der Waals surface area contributed by atoms with Gasteiger partial charge >= 0.3 is 0 Å². The minimum atomic E-state index is -1.26. The zero-order valence-corrected chi connectivity index (χ0v) is 16.2. The van der Waals surface area contributed by atoms with Gasteiger partial charge in [0.2, 0.25) is 0 Å². The molecule has 0 amide bonds. The van der Waals surface area contributed by atoms with E-state index in [0.717, 1.165) is 35.9 Å². The highest BCUT2D eigenvalue weighted by Crippen LogP contribution is 2.34. The predicted molar refractivity (Wildman–Crippen MR) is 107 cm³/mol. The summed E-state index contributed by atoms with van der Waals surface area (Å²) >= 11 is 0. The van der Waals surface area contributed by atoms with Crippen LogP contribution in [0.25, 0.3) is 11.2 Å². The summed E-state index contributed by atoms with van der Waals surface area (Å²) in [6.07, 6.45) is 5.43. The molecular formula is C18H23N7OS. The number of anilines is 3. The van der Waals surface area contributed by atoms with Gasteiger partial charge in [-0.2, -0.15) is 0 Å². The molecule has 0 bridgehead atoms. The van der Waals surface area contributed by atoms with Crippen LogP contribution in [0.15, 0.2) is 35.7 Å². The number of imidazole rings is 1. The quantitative estimate of drug-likeness (QED) is 0.624. The molecule has 0 aliphatic carbocycles. The standard InChI is InChI=1S/C18H23N7OS/c1-12-5-7-25(8-6-12)15-4-3-13(27(26)19-2)9-14(15)24-18-16-17(21-10-20-16)22-11-23-18/h3-4,9-12,19H,5-8H2,1-2H3,(H2,20,21,22,23,24). The van der Waals surface area contributed by atoms with Gasteiger partial charge in [-0.25, -0.2) is 23.9 Å². The van der Waals surface area contributed by atoms with Crippen molar-refractivity contribution in [1.82, 2.24) is 24.7 Å². The van der Waals surface area contributed by atoms with Gasteiger partial charge in [0.15, 0.2) is 11.5 Å². The molecular weight excluding hydrogens is 362 g/mol. The van der Waals surface area contributed by atoms with Crippen molar-refractivity contribution in [3.8, 4) is 0 Å². The molecule has 0 radical (unpaired) electrons. The minimum Gasteiger partial charge on any atom is -0.370 e. The number of hydrogen-bond acceptors (Lipinski definition) is 6. The highest BCUT2D eigenvalue weighted by molar-refractivity contribution is 7.83. The van der Waals surface area contributed by atoms with Gasteiger partial charge in [0.1, 0.15) is 22.8 Å². The second kappa shape index (κ2) is 7.61. The van der Waals surface area contributed by atoms with Crippen LogP contribution in [0.2, 0.25) is 0 Å². The summed E-state index contributed by atoms with van der Waals surface area (Å²) in [6, 6.07) is 5.87. The number of H-pyrrole nitrogens is 1. The molecule has 2 aromatic heterocycles. The lowest BCUT2D eigenvalue weighted by molar-refractivity contribution is 0.438. The van der Waals surface area contributed by atoms with Crippen molar-refractivity contribution < 1.29 is 4.21 Å². The highest BCUT2D eigenvalue weighted by atomic mass is 32.2. The maximum atomic E-state index is 12.2. The number of aromatic amines is 1. The molecule has 1 atom stereocenters. The van der Waals surface area contributed by atoms with E-state index in [-0.39, 0.29) is 0 Å². The van der Waals surface area contributed by atoms with Crippen LogP contribution < -0.4 is 14.9 Å². The van der Waals surface area contributed by atoms with Gasteiger partial charge in [0, 0.05) is 13.1 Å². The van der Waals surface area contributed by atoms with E-state index in [4.69, 9.17) is 0 Å². The molecule has 27 heavy (non-hydrogen) atoms. The normalized spacial score (nSPS) is 16.6. The zero-order valence-electron chi connectivity index (χ0n) is 15.4. The Balaban J connectivity index is 1.73. The number of piperidine rings is 1. The van der Waals surface area contributed by atoms with Crippen molar-refractivity contribution in [3.05, 3.63) is 30.9 Å². The molecule has 0 spiro atoms. The van der Waals surface area contributed by atoms with E-state index < -0.39 is 11.0 Å². The van der Waals surface area contributed by atoms with Crippen LogP contribution in [0.5, 0.6) is 0 Å². The van der Waals surface area contributed by atoms with E-state index in [1.165, 1.54) is 19.2 Å². The number of rotatable bonds is 5. The SMILES string of the molecule is CNS(=O)c1ccc(N2CCC(C)CC2)c(Nc2ncnc3nc[nH]c23)c1. The first-order valence-corrected chi connectivity index (χ1v) is 10.2. The summed E-state index contributed by atoms with van der Waals surface area (Å²) in [4.78, 5) is 18.9. The third-order valence-corrected chi connectivity index (χ3v) is 6.02. The number of nitrogens with zero attached hydrogens (tertiary/aromatic N) is 4. The van der Waals surface area contributed by atoms with Crippen LogP contribution in [0, 0.1) is 5.92 Å².